The number of amides is 2. The Labute approximate surface area is 207 Å². The molecule has 1 aromatic heterocycles. The Bertz CT molecular complexity index is 1410. The first-order valence-electron chi connectivity index (χ1n) is 11.2. The number of hydrogen-bond donors (Lipinski definition) is 3. The van der Waals surface area contributed by atoms with Crippen LogP contribution in [-0.4, -0.2) is 40.6 Å². The number of carbonyl (C=O) groups is 2. The number of fused-ring (bicyclic) bond motifs is 3. The van der Waals surface area contributed by atoms with Crippen LogP contribution in [0.4, 0.5) is 17.3 Å². The Balaban J connectivity index is 1.31. The maximum atomic E-state index is 12.6. The molecule has 0 radical (unpaired) electrons. The van der Waals surface area contributed by atoms with E-state index in [0.29, 0.717) is 41.0 Å². The van der Waals surface area contributed by atoms with Crippen molar-refractivity contribution >= 4 is 46.5 Å². The van der Waals surface area contributed by atoms with Gasteiger partial charge < -0.3 is 16.0 Å². The normalized spacial score (nSPS) is 14.5. The molecule has 3 N–H and O–H groups in total. The van der Waals surface area contributed by atoms with Crippen LogP contribution in [0, 0.1) is 0 Å². The van der Waals surface area contributed by atoms with Crippen molar-refractivity contribution in [2.24, 2.45) is 4.99 Å². The second-order valence-electron chi connectivity index (χ2n) is 8.53. The van der Waals surface area contributed by atoms with Gasteiger partial charge in [0.15, 0.2) is 0 Å². The smallest absolute Gasteiger partial charge is 0.251 e. The summed E-state index contributed by atoms with van der Waals surface area (Å²) < 4.78 is 0. The van der Waals surface area contributed by atoms with E-state index in [1.54, 1.807) is 42.6 Å². The third-order valence-corrected chi connectivity index (χ3v) is 6.30. The summed E-state index contributed by atoms with van der Waals surface area (Å²) in [6.45, 7) is 5.17. The number of nitrogens with zero attached hydrogens (tertiary/aromatic N) is 3. The van der Waals surface area contributed by atoms with E-state index in [2.05, 4.69) is 30.9 Å². The Morgan fingerprint density at radius 2 is 1.94 bits per heavy atom. The van der Waals surface area contributed by atoms with Gasteiger partial charge in [-0.1, -0.05) is 11.6 Å². The Hall–Kier alpha value is -4.04. The van der Waals surface area contributed by atoms with E-state index in [0.717, 1.165) is 28.1 Å². The molecule has 3 aromatic rings. The Kier molecular flexibility index (Phi) is 6.05. The number of benzene rings is 2. The summed E-state index contributed by atoms with van der Waals surface area (Å²) in [5.41, 5.74) is 7.35. The van der Waals surface area contributed by atoms with Crippen LogP contribution in [0.5, 0.6) is 0 Å². The molecule has 2 aliphatic rings. The van der Waals surface area contributed by atoms with Crippen molar-refractivity contribution in [2.45, 2.75) is 20.3 Å². The topological polar surface area (TPSA) is 108 Å². The monoisotopic (exact) mass is 486 g/mol. The second kappa shape index (κ2) is 9.31. The number of rotatable bonds is 5. The molecule has 0 saturated heterocycles. The van der Waals surface area contributed by atoms with Gasteiger partial charge in [0.25, 0.3) is 5.91 Å². The molecule has 0 aliphatic carbocycles. The van der Waals surface area contributed by atoms with E-state index in [4.69, 9.17) is 11.6 Å². The molecule has 0 fully saturated rings. The fourth-order valence-corrected chi connectivity index (χ4v) is 4.32. The molecule has 176 valence electrons. The minimum absolute atomic E-state index is 0.146. The van der Waals surface area contributed by atoms with Gasteiger partial charge in [0.05, 0.1) is 24.3 Å². The van der Waals surface area contributed by atoms with Crippen molar-refractivity contribution in [1.29, 1.82) is 0 Å². The fraction of sp³-hybridized carbons (Fsp3) is 0.192. The van der Waals surface area contributed by atoms with Gasteiger partial charge in [0.2, 0.25) is 11.9 Å². The number of anilines is 3. The Morgan fingerprint density at radius 3 is 2.69 bits per heavy atom. The number of carbonyl (C=O) groups excluding carboxylic acids is 2. The zero-order chi connectivity index (χ0) is 24.5. The first-order valence-corrected chi connectivity index (χ1v) is 11.6. The average Bonchev–Trinajstić information content (AvgIpc) is 3.08. The summed E-state index contributed by atoms with van der Waals surface area (Å²) in [6.07, 6.45) is 1.83. The highest BCUT2D eigenvalue weighted by molar-refractivity contribution is 6.31. The number of halogens is 1. The van der Waals surface area contributed by atoms with Crippen LogP contribution in [0.3, 0.4) is 0 Å². The molecule has 0 unspecified atom stereocenters. The first-order chi connectivity index (χ1) is 16.9. The van der Waals surface area contributed by atoms with Crippen molar-refractivity contribution in [3.63, 3.8) is 0 Å². The molecular weight excluding hydrogens is 464 g/mol. The van der Waals surface area contributed by atoms with Gasteiger partial charge >= 0.3 is 0 Å². The number of nitrogens with one attached hydrogen (secondary N) is 3. The lowest BCUT2D eigenvalue weighted by molar-refractivity contribution is -0.115. The lowest BCUT2D eigenvalue weighted by Crippen LogP contribution is -2.27. The van der Waals surface area contributed by atoms with E-state index in [1.165, 1.54) is 5.57 Å². The van der Waals surface area contributed by atoms with E-state index >= 15 is 0 Å². The van der Waals surface area contributed by atoms with Crippen LogP contribution in [0.15, 0.2) is 64.8 Å². The van der Waals surface area contributed by atoms with Crippen molar-refractivity contribution in [2.75, 3.05) is 23.7 Å². The zero-order valence-electron chi connectivity index (χ0n) is 19.3. The molecule has 0 saturated carbocycles. The van der Waals surface area contributed by atoms with Crippen molar-refractivity contribution in [3.05, 3.63) is 76.0 Å². The molecule has 3 heterocycles. The van der Waals surface area contributed by atoms with Gasteiger partial charge in [-0.3, -0.25) is 14.6 Å². The maximum absolute atomic E-state index is 12.6. The molecule has 5 rings (SSSR count). The molecule has 9 heteroatoms. The second-order valence-corrected chi connectivity index (χ2v) is 8.96. The summed E-state index contributed by atoms with van der Waals surface area (Å²) in [4.78, 5) is 38.3. The van der Waals surface area contributed by atoms with Crippen LogP contribution in [-0.2, 0) is 11.2 Å². The van der Waals surface area contributed by atoms with Gasteiger partial charge in [-0.15, -0.1) is 0 Å². The van der Waals surface area contributed by atoms with Gasteiger partial charge in [-0.2, -0.15) is 0 Å². The van der Waals surface area contributed by atoms with Gasteiger partial charge in [0.1, 0.15) is 0 Å². The molecule has 2 amide bonds. The Morgan fingerprint density at radius 1 is 1.14 bits per heavy atom. The number of aromatic nitrogens is 2. The predicted octanol–water partition coefficient (Wildman–Crippen LogP) is 4.56. The van der Waals surface area contributed by atoms with Crippen LogP contribution in [0.2, 0.25) is 5.02 Å². The quantitative estimate of drug-likeness (QED) is 0.490. The SMILES string of the molecule is CC1=NCC(C)=C1CNC(=O)c1ccc(Nc2ncc3c(n2)-c2ccc(Cl)cc2NC(=O)C3)cc1. The van der Waals surface area contributed by atoms with Gasteiger partial charge in [0, 0.05) is 45.9 Å². The minimum Gasteiger partial charge on any atom is -0.348 e. The molecule has 2 aromatic carbocycles. The van der Waals surface area contributed by atoms with Gasteiger partial charge in [-0.05, 0) is 67.5 Å². The molecule has 0 bridgehead atoms. The molecule has 0 atom stereocenters. The standard InChI is InChI=1S/C26H23ClN6O2/c1-14-11-28-15(2)21(14)13-29-25(35)16-3-6-19(7-4-16)31-26-30-12-17-9-23(34)32-22-10-18(27)5-8-20(22)24(17)33-26/h3-8,10,12H,9,11,13H2,1-2H3,(H,29,35)(H,32,34)(H,30,31,33). The highest BCUT2D eigenvalue weighted by atomic mass is 35.5. The zero-order valence-corrected chi connectivity index (χ0v) is 20.0. The van der Waals surface area contributed by atoms with E-state index in [9.17, 15) is 9.59 Å². The number of hydrogen-bond acceptors (Lipinski definition) is 6. The molecule has 8 nitrogen and oxygen atoms in total. The molecular formula is C26H23ClN6O2. The van der Waals surface area contributed by atoms with E-state index < -0.39 is 0 Å². The summed E-state index contributed by atoms with van der Waals surface area (Å²) in [7, 11) is 0. The van der Waals surface area contributed by atoms with Crippen molar-refractivity contribution in [1.82, 2.24) is 15.3 Å². The minimum atomic E-state index is -0.148. The van der Waals surface area contributed by atoms with Crippen LogP contribution in [0.25, 0.3) is 11.3 Å². The highest BCUT2D eigenvalue weighted by Crippen LogP contribution is 2.34. The van der Waals surface area contributed by atoms with Crippen LogP contribution < -0.4 is 16.0 Å². The van der Waals surface area contributed by atoms with Crippen molar-refractivity contribution in [3.8, 4) is 11.3 Å². The lowest BCUT2D eigenvalue weighted by atomic mass is 10.1. The highest BCUT2D eigenvalue weighted by Gasteiger charge is 2.21. The maximum Gasteiger partial charge on any atom is 0.251 e. The third kappa shape index (κ3) is 4.79. The summed E-state index contributed by atoms with van der Waals surface area (Å²) in [5, 5.41) is 9.54. The third-order valence-electron chi connectivity index (χ3n) is 6.06. The summed E-state index contributed by atoms with van der Waals surface area (Å²) in [6, 6.07) is 12.4. The fourth-order valence-electron chi connectivity index (χ4n) is 4.14. The molecule has 2 aliphatic heterocycles. The van der Waals surface area contributed by atoms with Crippen LogP contribution >= 0.6 is 11.6 Å². The summed E-state index contributed by atoms with van der Waals surface area (Å²) in [5.74, 6) is 0.0899. The summed E-state index contributed by atoms with van der Waals surface area (Å²) >= 11 is 6.11. The van der Waals surface area contributed by atoms with E-state index in [-0.39, 0.29) is 18.2 Å². The molecule has 35 heavy (non-hydrogen) atoms. The van der Waals surface area contributed by atoms with E-state index in [1.807, 2.05) is 19.9 Å². The number of aliphatic imine (C=N–C) groups is 1. The average molecular weight is 487 g/mol. The van der Waals surface area contributed by atoms with Crippen LogP contribution in [0.1, 0.15) is 29.8 Å². The first kappa shape index (κ1) is 22.7. The largest absolute Gasteiger partial charge is 0.348 e. The molecule has 0 spiro atoms. The van der Waals surface area contributed by atoms with Crippen molar-refractivity contribution < 1.29 is 9.59 Å². The predicted molar refractivity (Wildman–Crippen MR) is 138 cm³/mol. The van der Waals surface area contributed by atoms with Gasteiger partial charge in [-0.25, -0.2) is 9.97 Å². The lowest BCUT2D eigenvalue weighted by Gasteiger charge is -2.11.